The third kappa shape index (κ3) is 1.26. The average molecular weight is 360 g/mol. The van der Waals surface area contributed by atoms with Gasteiger partial charge in [-0.1, -0.05) is 42.4 Å². The quantitative estimate of drug-likeness (QED) is 0.817. The summed E-state index contributed by atoms with van der Waals surface area (Å²) in [6.45, 7) is 2.52. The molecule has 4 rings (SSSR count). The molecule has 1 saturated carbocycles. The third-order valence-corrected chi connectivity index (χ3v) is 7.43. The number of fused-ring (bicyclic) bond motifs is 2. The van der Waals surface area contributed by atoms with Gasteiger partial charge in [0, 0.05) is 10.8 Å². The molecular weight excluding hydrogens is 344 g/mol. The molecule has 1 saturated heterocycles. The SMILES string of the molecule is CC[C@@]1(c2ccc(Cl)cc2)[C@]2(C#N)C(N)=[NH+][C@@]3(OCCS3)[C@@]21C#N. The summed E-state index contributed by atoms with van der Waals surface area (Å²) in [4.78, 5) is 3.15. The number of ether oxygens (including phenoxy) is 1. The monoisotopic (exact) mass is 359 g/mol. The Hall–Kier alpha value is -1.73. The van der Waals surface area contributed by atoms with Crippen LogP contribution in [-0.4, -0.2) is 23.3 Å². The van der Waals surface area contributed by atoms with E-state index in [9.17, 15) is 10.5 Å². The van der Waals surface area contributed by atoms with Crippen molar-refractivity contribution < 1.29 is 9.73 Å². The van der Waals surface area contributed by atoms with E-state index in [1.165, 1.54) is 11.8 Å². The molecule has 3 N–H and O–H groups in total. The van der Waals surface area contributed by atoms with Crippen molar-refractivity contribution in [2.45, 2.75) is 23.8 Å². The average Bonchev–Trinajstić information content (AvgIpc) is 2.81. The van der Waals surface area contributed by atoms with Crippen molar-refractivity contribution in [3.05, 3.63) is 34.9 Å². The van der Waals surface area contributed by atoms with Crippen molar-refractivity contribution in [1.82, 2.24) is 0 Å². The molecular formula is C17H16ClN4OS+. The van der Waals surface area contributed by atoms with E-state index >= 15 is 0 Å². The Morgan fingerprint density at radius 1 is 1.33 bits per heavy atom. The van der Waals surface area contributed by atoms with Crippen LogP contribution in [0.5, 0.6) is 0 Å². The summed E-state index contributed by atoms with van der Waals surface area (Å²) < 4.78 is 6.00. The normalized spacial score (nSPS) is 42.2. The molecule has 0 radical (unpaired) electrons. The maximum atomic E-state index is 10.3. The van der Waals surface area contributed by atoms with Crippen molar-refractivity contribution in [2.24, 2.45) is 16.6 Å². The molecule has 1 aromatic carbocycles. The van der Waals surface area contributed by atoms with Gasteiger partial charge in [0.15, 0.2) is 10.8 Å². The Labute approximate surface area is 149 Å². The Balaban J connectivity index is 2.03. The molecule has 7 heteroatoms. The Morgan fingerprint density at radius 2 is 2.04 bits per heavy atom. The zero-order valence-electron chi connectivity index (χ0n) is 13.1. The van der Waals surface area contributed by atoms with E-state index < -0.39 is 21.3 Å². The van der Waals surface area contributed by atoms with Crippen LogP contribution in [0.15, 0.2) is 24.3 Å². The van der Waals surface area contributed by atoms with Crippen LogP contribution in [0, 0.1) is 33.5 Å². The second-order valence-electron chi connectivity index (χ2n) is 6.34. The van der Waals surface area contributed by atoms with Gasteiger partial charge in [0.25, 0.3) is 10.9 Å². The minimum Gasteiger partial charge on any atom is -0.327 e. The van der Waals surface area contributed by atoms with E-state index in [4.69, 9.17) is 22.1 Å². The summed E-state index contributed by atoms with van der Waals surface area (Å²) in [5, 5.41) is 20.0. The molecule has 5 nitrogen and oxygen atoms in total. The number of amidine groups is 1. The number of hydrogen-bond donors (Lipinski definition) is 2. The maximum absolute atomic E-state index is 10.3. The zero-order chi connectivity index (χ0) is 17.2. The van der Waals surface area contributed by atoms with E-state index in [-0.39, 0.29) is 0 Å². The maximum Gasteiger partial charge on any atom is 0.278 e. The van der Waals surface area contributed by atoms with Crippen LogP contribution in [0.3, 0.4) is 0 Å². The van der Waals surface area contributed by atoms with Crippen LogP contribution in [0.25, 0.3) is 0 Å². The number of halogens is 1. The number of nitrogens with one attached hydrogen (secondary N) is 1. The Morgan fingerprint density at radius 3 is 2.54 bits per heavy atom. The van der Waals surface area contributed by atoms with Gasteiger partial charge in [0.1, 0.15) is 0 Å². The molecule has 2 aliphatic heterocycles. The lowest BCUT2D eigenvalue weighted by atomic mass is 9.81. The summed E-state index contributed by atoms with van der Waals surface area (Å²) in [6.07, 6.45) is 0.601. The minimum absolute atomic E-state index is 0.331. The summed E-state index contributed by atoms with van der Waals surface area (Å²) in [7, 11) is 0. The lowest BCUT2D eigenvalue weighted by molar-refractivity contribution is -0.584. The van der Waals surface area contributed by atoms with Crippen LogP contribution in [0.4, 0.5) is 0 Å². The van der Waals surface area contributed by atoms with Gasteiger partial charge in [-0.15, -0.1) is 0 Å². The van der Waals surface area contributed by atoms with Crippen LogP contribution < -0.4 is 10.7 Å². The van der Waals surface area contributed by atoms with Gasteiger partial charge in [-0.05, 0) is 24.1 Å². The fourth-order valence-corrected chi connectivity index (χ4v) is 6.57. The molecule has 1 aromatic rings. The highest BCUT2D eigenvalue weighted by Gasteiger charge is 3.03. The van der Waals surface area contributed by atoms with Gasteiger partial charge in [0.2, 0.25) is 0 Å². The zero-order valence-corrected chi connectivity index (χ0v) is 14.7. The molecule has 2 fully saturated rings. The first-order chi connectivity index (χ1) is 11.5. The van der Waals surface area contributed by atoms with Crippen LogP contribution >= 0.6 is 23.4 Å². The fourth-order valence-electron chi connectivity index (χ4n) is 5.05. The predicted octanol–water partition coefficient (Wildman–Crippen LogP) is 0.890. The van der Waals surface area contributed by atoms with Gasteiger partial charge >= 0.3 is 0 Å². The van der Waals surface area contributed by atoms with E-state index in [0.29, 0.717) is 23.9 Å². The van der Waals surface area contributed by atoms with Gasteiger partial charge in [-0.25, -0.2) is 4.99 Å². The Bertz CT molecular complexity index is 836. The number of nitrogens with two attached hydrogens (primary N) is 1. The lowest BCUT2D eigenvalue weighted by Crippen LogP contribution is -2.88. The molecule has 1 aliphatic carbocycles. The number of nitriles is 2. The number of benzene rings is 1. The van der Waals surface area contributed by atoms with Crippen molar-refractivity contribution in [3.8, 4) is 12.1 Å². The second-order valence-corrected chi connectivity index (χ2v) is 8.05. The molecule has 122 valence electrons. The van der Waals surface area contributed by atoms with Gasteiger partial charge in [-0.2, -0.15) is 10.5 Å². The van der Waals surface area contributed by atoms with Crippen molar-refractivity contribution in [3.63, 3.8) is 0 Å². The van der Waals surface area contributed by atoms with E-state index in [2.05, 4.69) is 17.1 Å². The number of nitrogens with zero attached hydrogens (tertiary/aromatic N) is 2. The van der Waals surface area contributed by atoms with Gasteiger partial charge in [-0.3, -0.25) is 5.73 Å². The summed E-state index contributed by atoms with van der Waals surface area (Å²) in [6, 6.07) is 12.2. The highest BCUT2D eigenvalue weighted by molar-refractivity contribution is 8.00. The topological polar surface area (TPSA) is 96.8 Å². The van der Waals surface area contributed by atoms with E-state index in [1.54, 1.807) is 12.1 Å². The second kappa shape index (κ2) is 4.67. The van der Waals surface area contributed by atoms with E-state index in [0.717, 1.165) is 11.3 Å². The van der Waals surface area contributed by atoms with Crippen molar-refractivity contribution in [1.29, 1.82) is 10.5 Å². The lowest BCUT2D eigenvalue weighted by Gasteiger charge is -2.29. The smallest absolute Gasteiger partial charge is 0.278 e. The first-order valence-corrected chi connectivity index (χ1v) is 9.16. The minimum atomic E-state index is -1.12. The standard InChI is InChI=1S/C17H15ClN4OS/c1-2-14(11-3-5-12(18)6-4-11)15(9-19)13(21)22-17(16(14,15)10-20)23-7-8-24-17/h3-6H,2,7-8H2,1H3,(H2,21,22)/p+1/t14-,15+,16-,17-/m1/s1. The summed E-state index contributed by atoms with van der Waals surface area (Å²) >= 11 is 7.56. The molecule has 4 atom stereocenters. The fraction of sp³-hybridized carbons (Fsp3) is 0.471. The van der Waals surface area contributed by atoms with Crippen LogP contribution in [-0.2, 0) is 10.2 Å². The third-order valence-electron chi connectivity index (χ3n) is 5.87. The number of hydrogen-bond acceptors (Lipinski definition) is 5. The van der Waals surface area contributed by atoms with Crippen molar-refractivity contribution in [2.75, 3.05) is 12.4 Å². The molecule has 1 spiro atoms. The summed E-state index contributed by atoms with van der Waals surface area (Å²) in [5.74, 6) is 1.09. The Kier molecular flexibility index (Phi) is 3.07. The molecule has 0 amide bonds. The van der Waals surface area contributed by atoms with Gasteiger partial charge < -0.3 is 4.74 Å². The van der Waals surface area contributed by atoms with Gasteiger partial charge in [0.05, 0.1) is 24.2 Å². The molecule has 0 aromatic heterocycles. The van der Waals surface area contributed by atoms with E-state index in [1.807, 2.05) is 19.1 Å². The highest BCUT2D eigenvalue weighted by Crippen LogP contribution is 2.85. The molecule has 0 unspecified atom stereocenters. The molecule has 24 heavy (non-hydrogen) atoms. The van der Waals surface area contributed by atoms with Crippen LogP contribution in [0.2, 0.25) is 5.02 Å². The molecule has 0 bridgehead atoms. The number of thioether (sulfide) groups is 1. The predicted molar refractivity (Wildman–Crippen MR) is 90.8 cm³/mol. The molecule has 2 heterocycles. The highest BCUT2D eigenvalue weighted by atomic mass is 35.5. The molecule has 3 aliphatic rings. The largest absolute Gasteiger partial charge is 0.327 e. The number of rotatable bonds is 2. The summed E-state index contributed by atoms with van der Waals surface area (Å²) in [5.41, 5.74) is 4.30. The van der Waals surface area contributed by atoms with Crippen LogP contribution in [0.1, 0.15) is 18.9 Å². The first kappa shape index (κ1) is 15.8. The van der Waals surface area contributed by atoms with Crippen molar-refractivity contribution >= 4 is 29.2 Å². The first-order valence-electron chi connectivity index (χ1n) is 7.79.